The van der Waals surface area contributed by atoms with Crippen LogP contribution in [-0.4, -0.2) is 44.0 Å². The maximum absolute atomic E-state index is 12.8. The van der Waals surface area contributed by atoms with Crippen molar-refractivity contribution in [3.8, 4) is 11.8 Å². The fourth-order valence-electron chi connectivity index (χ4n) is 3.35. The SMILES string of the molecule is COc1ccc([C@H]2C[C@@H](O)[C@@H](O)[C@@H]2NS(=O)(=O)c2cccc(C#N)c2)cc1. The van der Waals surface area contributed by atoms with Gasteiger partial charge in [0.15, 0.2) is 0 Å². The molecule has 8 heteroatoms. The van der Waals surface area contributed by atoms with E-state index in [1.54, 1.807) is 31.4 Å². The summed E-state index contributed by atoms with van der Waals surface area (Å²) >= 11 is 0. The molecule has 7 nitrogen and oxygen atoms in total. The number of hydrogen-bond donors (Lipinski definition) is 3. The summed E-state index contributed by atoms with van der Waals surface area (Å²) in [5.74, 6) is 0.248. The van der Waals surface area contributed by atoms with Gasteiger partial charge >= 0.3 is 0 Å². The van der Waals surface area contributed by atoms with Gasteiger partial charge in [-0.25, -0.2) is 13.1 Å². The van der Waals surface area contributed by atoms with Crippen LogP contribution in [0.2, 0.25) is 0 Å². The normalized spacial score (nSPS) is 25.1. The molecule has 2 aromatic rings. The first-order chi connectivity index (χ1) is 12.9. The quantitative estimate of drug-likeness (QED) is 0.706. The zero-order chi connectivity index (χ0) is 19.6. The summed E-state index contributed by atoms with van der Waals surface area (Å²) in [6.45, 7) is 0. The molecule has 1 fully saturated rings. The maximum atomic E-state index is 12.8. The van der Waals surface area contributed by atoms with Crippen LogP contribution in [0.3, 0.4) is 0 Å². The lowest BCUT2D eigenvalue weighted by atomic mass is 9.94. The third-order valence-corrected chi connectivity index (χ3v) is 6.26. The first-order valence-electron chi connectivity index (χ1n) is 8.38. The van der Waals surface area contributed by atoms with Gasteiger partial charge in [0.25, 0.3) is 0 Å². The van der Waals surface area contributed by atoms with Crippen LogP contribution in [0.25, 0.3) is 0 Å². The van der Waals surface area contributed by atoms with Crippen LogP contribution >= 0.6 is 0 Å². The third-order valence-electron chi connectivity index (χ3n) is 4.80. The topological polar surface area (TPSA) is 120 Å². The van der Waals surface area contributed by atoms with Gasteiger partial charge < -0.3 is 14.9 Å². The number of nitrogens with zero attached hydrogens (tertiary/aromatic N) is 1. The van der Waals surface area contributed by atoms with Gasteiger partial charge in [-0.05, 0) is 42.3 Å². The number of aliphatic hydroxyl groups is 2. The van der Waals surface area contributed by atoms with E-state index in [0.717, 1.165) is 5.56 Å². The highest BCUT2D eigenvalue weighted by molar-refractivity contribution is 7.89. The van der Waals surface area contributed by atoms with Crippen LogP contribution < -0.4 is 9.46 Å². The molecule has 0 bridgehead atoms. The van der Waals surface area contributed by atoms with Crippen molar-refractivity contribution in [2.75, 3.05) is 7.11 Å². The van der Waals surface area contributed by atoms with Crippen molar-refractivity contribution >= 4 is 10.0 Å². The van der Waals surface area contributed by atoms with Crippen LogP contribution in [0.5, 0.6) is 5.75 Å². The van der Waals surface area contributed by atoms with Crippen molar-refractivity contribution in [1.82, 2.24) is 4.72 Å². The number of sulfonamides is 1. The van der Waals surface area contributed by atoms with E-state index in [4.69, 9.17) is 10.00 Å². The van der Waals surface area contributed by atoms with Crippen molar-refractivity contribution in [2.24, 2.45) is 0 Å². The standard InChI is InChI=1S/C19H20N2O5S/c1-26-14-7-5-13(6-8-14)16-10-17(22)19(23)18(16)21-27(24,25)15-4-2-3-12(9-15)11-20/h2-9,16-19,21-23H,10H2,1H3/t16-,17-,18-,19-/m1/s1. The summed E-state index contributed by atoms with van der Waals surface area (Å²) in [4.78, 5) is -0.0661. The molecule has 3 N–H and O–H groups in total. The Balaban J connectivity index is 1.90. The number of nitriles is 1. The molecule has 0 radical (unpaired) electrons. The summed E-state index contributed by atoms with van der Waals surface area (Å²) in [6.07, 6.45) is -2.07. The van der Waals surface area contributed by atoms with E-state index in [2.05, 4.69) is 4.72 Å². The van der Waals surface area contributed by atoms with E-state index in [1.807, 2.05) is 6.07 Å². The number of methoxy groups -OCH3 is 1. The van der Waals surface area contributed by atoms with Crippen molar-refractivity contribution in [3.05, 3.63) is 59.7 Å². The molecule has 1 saturated carbocycles. The second-order valence-corrected chi connectivity index (χ2v) is 8.17. The fourth-order valence-corrected chi connectivity index (χ4v) is 4.69. The zero-order valence-electron chi connectivity index (χ0n) is 14.6. The fraction of sp³-hybridized carbons (Fsp3) is 0.316. The molecule has 0 amide bonds. The highest BCUT2D eigenvalue weighted by atomic mass is 32.2. The van der Waals surface area contributed by atoms with Crippen LogP contribution in [0, 0.1) is 11.3 Å². The Morgan fingerprint density at radius 1 is 1.19 bits per heavy atom. The van der Waals surface area contributed by atoms with Gasteiger partial charge in [-0.15, -0.1) is 0 Å². The van der Waals surface area contributed by atoms with Crippen LogP contribution in [0.4, 0.5) is 0 Å². The molecule has 0 heterocycles. The molecule has 1 aliphatic rings. The highest BCUT2D eigenvalue weighted by Crippen LogP contribution is 2.36. The highest BCUT2D eigenvalue weighted by Gasteiger charge is 2.44. The Labute approximate surface area is 157 Å². The van der Waals surface area contributed by atoms with Crippen LogP contribution in [0.15, 0.2) is 53.4 Å². The Morgan fingerprint density at radius 2 is 1.89 bits per heavy atom. The smallest absolute Gasteiger partial charge is 0.240 e. The minimum absolute atomic E-state index is 0.0661. The molecule has 0 unspecified atom stereocenters. The van der Waals surface area contributed by atoms with Crippen molar-refractivity contribution < 1.29 is 23.4 Å². The Hall–Kier alpha value is -2.44. The van der Waals surface area contributed by atoms with E-state index in [1.165, 1.54) is 24.3 Å². The molecular formula is C19H20N2O5S. The Morgan fingerprint density at radius 3 is 2.52 bits per heavy atom. The van der Waals surface area contributed by atoms with Gasteiger partial charge in [0.05, 0.1) is 41.9 Å². The molecule has 4 atom stereocenters. The lowest BCUT2D eigenvalue weighted by molar-refractivity contribution is 0.0338. The molecule has 27 heavy (non-hydrogen) atoms. The Kier molecular flexibility index (Phi) is 5.48. The summed E-state index contributed by atoms with van der Waals surface area (Å²) in [5, 5.41) is 29.4. The lowest BCUT2D eigenvalue weighted by Crippen LogP contribution is -2.45. The van der Waals surface area contributed by atoms with E-state index in [9.17, 15) is 18.6 Å². The second kappa shape index (κ2) is 7.66. The molecule has 0 saturated heterocycles. The van der Waals surface area contributed by atoms with Crippen molar-refractivity contribution in [2.45, 2.75) is 35.5 Å². The van der Waals surface area contributed by atoms with Crippen LogP contribution in [0.1, 0.15) is 23.5 Å². The second-order valence-electron chi connectivity index (χ2n) is 6.46. The predicted molar refractivity (Wildman–Crippen MR) is 97.6 cm³/mol. The molecule has 2 aromatic carbocycles. The minimum Gasteiger partial charge on any atom is -0.497 e. The molecular weight excluding hydrogens is 368 g/mol. The molecule has 0 aromatic heterocycles. The number of nitrogens with one attached hydrogen (secondary N) is 1. The van der Waals surface area contributed by atoms with E-state index in [0.29, 0.717) is 5.75 Å². The van der Waals surface area contributed by atoms with Crippen LogP contribution in [-0.2, 0) is 10.0 Å². The van der Waals surface area contributed by atoms with Crippen molar-refractivity contribution in [1.29, 1.82) is 5.26 Å². The largest absolute Gasteiger partial charge is 0.497 e. The molecule has 142 valence electrons. The maximum Gasteiger partial charge on any atom is 0.240 e. The summed E-state index contributed by atoms with van der Waals surface area (Å²) in [7, 11) is -2.44. The van der Waals surface area contributed by atoms with E-state index < -0.39 is 34.2 Å². The van der Waals surface area contributed by atoms with Gasteiger partial charge in [-0.1, -0.05) is 18.2 Å². The summed E-state index contributed by atoms with van der Waals surface area (Å²) in [6, 6.07) is 13.7. The summed E-state index contributed by atoms with van der Waals surface area (Å²) < 4.78 is 33.1. The summed E-state index contributed by atoms with van der Waals surface area (Å²) in [5.41, 5.74) is 1.00. The van der Waals surface area contributed by atoms with E-state index in [-0.39, 0.29) is 16.9 Å². The molecule has 0 aliphatic heterocycles. The lowest BCUT2D eigenvalue weighted by Gasteiger charge is -2.24. The average Bonchev–Trinajstić information content (AvgIpc) is 2.96. The Bertz CT molecular complexity index is 953. The van der Waals surface area contributed by atoms with Gasteiger partial charge in [-0.2, -0.15) is 5.26 Å². The van der Waals surface area contributed by atoms with Gasteiger partial charge in [0, 0.05) is 5.92 Å². The third kappa shape index (κ3) is 3.96. The molecule has 3 rings (SSSR count). The van der Waals surface area contributed by atoms with E-state index >= 15 is 0 Å². The predicted octanol–water partition coefficient (Wildman–Crippen LogP) is 1.12. The van der Waals surface area contributed by atoms with Crippen molar-refractivity contribution in [3.63, 3.8) is 0 Å². The number of ether oxygens (including phenoxy) is 1. The number of benzene rings is 2. The monoisotopic (exact) mass is 388 g/mol. The molecule has 1 aliphatic carbocycles. The first kappa shape index (κ1) is 19.3. The number of hydrogen-bond acceptors (Lipinski definition) is 6. The van der Waals surface area contributed by atoms with Gasteiger partial charge in [-0.3, -0.25) is 0 Å². The minimum atomic E-state index is -3.98. The first-order valence-corrected chi connectivity index (χ1v) is 9.86. The van der Waals surface area contributed by atoms with Gasteiger partial charge in [0.2, 0.25) is 10.0 Å². The average molecular weight is 388 g/mol. The number of rotatable bonds is 5. The molecule has 0 spiro atoms. The van der Waals surface area contributed by atoms with Gasteiger partial charge in [0.1, 0.15) is 5.75 Å². The zero-order valence-corrected chi connectivity index (χ0v) is 15.4. The number of aliphatic hydroxyl groups excluding tert-OH is 2.